The van der Waals surface area contributed by atoms with Crippen LogP contribution < -0.4 is 16.4 Å². The molecule has 1 aliphatic heterocycles. The maximum atomic E-state index is 13.4. The number of hydrogen-bond acceptors (Lipinski definition) is 3. The number of nitrogens with one attached hydrogen (secondary N) is 3. The first-order chi connectivity index (χ1) is 16.2. The van der Waals surface area contributed by atoms with Crippen molar-refractivity contribution in [3.63, 3.8) is 0 Å². The Labute approximate surface area is 198 Å². The molecular formula is C26H31N5O3. The standard InChI is InChI=1S/C26H31N5O3/c1-15(2)11-21(24(27)32)30-25(33)23-13-19-18-9-4-5-10-20(18)29-22(19)14-31(23)26(34)28-17-8-6-7-16(3)12-17/h4-10,12,15,21,23,29H,11,13-14H2,1-3H3,(H2,27,32)(H,28,34)(H,30,33)/t21-,23+/m0/s1. The number of benzene rings is 2. The smallest absolute Gasteiger partial charge is 0.322 e. The molecule has 3 aromatic rings. The van der Waals surface area contributed by atoms with Gasteiger partial charge < -0.3 is 26.3 Å². The van der Waals surface area contributed by atoms with E-state index in [0.717, 1.165) is 27.7 Å². The zero-order valence-electron chi connectivity index (χ0n) is 19.7. The van der Waals surface area contributed by atoms with E-state index < -0.39 is 18.0 Å². The highest BCUT2D eigenvalue weighted by atomic mass is 16.2. The van der Waals surface area contributed by atoms with Crippen LogP contribution in [0.3, 0.4) is 0 Å². The van der Waals surface area contributed by atoms with Crippen molar-refractivity contribution in [2.24, 2.45) is 11.7 Å². The van der Waals surface area contributed by atoms with Crippen molar-refractivity contribution >= 4 is 34.4 Å². The van der Waals surface area contributed by atoms with Gasteiger partial charge in [0.2, 0.25) is 11.8 Å². The summed E-state index contributed by atoms with van der Waals surface area (Å²) in [5, 5.41) is 6.74. The lowest BCUT2D eigenvalue weighted by Gasteiger charge is -2.35. The largest absolute Gasteiger partial charge is 0.368 e. The zero-order valence-corrected chi connectivity index (χ0v) is 19.7. The Morgan fingerprint density at radius 1 is 1.15 bits per heavy atom. The monoisotopic (exact) mass is 461 g/mol. The second kappa shape index (κ2) is 9.59. The van der Waals surface area contributed by atoms with Crippen LogP contribution in [0.1, 0.15) is 37.1 Å². The summed E-state index contributed by atoms with van der Waals surface area (Å²) in [7, 11) is 0. The number of carbonyl (C=O) groups is 3. The van der Waals surface area contributed by atoms with Gasteiger partial charge in [0.05, 0.1) is 6.54 Å². The molecule has 0 unspecified atom stereocenters. The molecule has 1 aromatic heterocycles. The normalized spacial score (nSPS) is 16.2. The minimum atomic E-state index is -0.793. The summed E-state index contributed by atoms with van der Waals surface area (Å²) in [5.74, 6) is -0.800. The number of para-hydroxylation sites is 1. The molecule has 0 radical (unpaired) electrons. The second-order valence-electron chi connectivity index (χ2n) is 9.37. The summed E-state index contributed by atoms with van der Waals surface area (Å²) in [6, 6.07) is 13.4. The lowest BCUT2D eigenvalue weighted by atomic mass is 9.95. The van der Waals surface area contributed by atoms with E-state index >= 15 is 0 Å². The molecule has 0 bridgehead atoms. The first-order valence-corrected chi connectivity index (χ1v) is 11.6. The summed E-state index contributed by atoms with van der Waals surface area (Å²) in [4.78, 5) is 43.7. The van der Waals surface area contributed by atoms with E-state index in [1.54, 1.807) is 0 Å². The van der Waals surface area contributed by atoms with Crippen LogP contribution in [0.25, 0.3) is 10.9 Å². The number of carbonyl (C=O) groups excluding carboxylic acids is 3. The van der Waals surface area contributed by atoms with Gasteiger partial charge in [-0.2, -0.15) is 0 Å². The van der Waals surface area contributed by atoms with Crippen LogP contribution in [0.2, 0.25) is 0 Å². The lowest BCUT2D eigenvalue weighted by Crippen LogP contribution is -2.57. The number of primary amides is 1. The van der Waals surface area contributed by atoms with Crippen LogP contribution in [0, 0.1) is 12.8 Å². The zero-order chi connectivity index (χ0) is 24.4. The molecule has 5 N–H and O–H groups in total. The van der Waals surface area contributed by atoms with E-state index in [1.807, 2.05) is 69.3 Å². The van der Waals surface area contributed by atoms with E-state index in [4.69, 9.17) is 5.73 Å². The number of H-pyrrole nitrogens is 1. The number of nitrogens with two attached hydrogens (primary N) is 1. The molecule has 0 saturated heterocycles. The predicted octanol–water partition coefficient (Wildman–Crippen LogP) is 3.45. The number of anilines is 1. The number of aromatic amines is 1. The van der Waals surface area contributed by atoms with E-state index in [0.29, 0.717) is 18.5 Å². The molecule has 2 atom stereocenters. The van der Waals surface area contributed by atoms with Gasteiger partial charge in [-0.25, -0.2) is 4.79 Å². The average Bonchev–Trinajstić information content (AvgIpc) is 3.15. The third-order valence-corrected chi connectivity index (χ3v) is 6.20. The number of rotatable bonds is 6. The second-order valence-corrected chi connectivity index (χ2v) is 9.37. The molecule has 0 spiro atoms. The minimum absolute atomic E-state index is 0.171. The fraction of sp³-hybridized carbons (Fsp3) is 0.346. The third-order valence-electron chi connectivity index (χ3n) is 6.20. The fourth-order valence-electron chi connectivity index (χ4n) is 4.56. The number of fused-ring (bicyclic) bond motifs is 3. The van der Waals surface area contributed by atoms with E-state index in [9.17, 15) is 14.4 Å². The van der Waals surface area contributed by atoms with Gasteiger partial charge in [0.1, 0.15) is 12.1 Å². The van der Waals surface area contributed by atoms with Crippen molar-refractivity contribution in [1.29, 1.82) is 0 Å². The number of nitrogens with zero attached hydrogens (tertiary/aromatic N) is 1. The molecule has 34 heavy (non-hydrogen) atoms. The van der Waals surface area contributed by atoms with Crippen molar-refractivity contribution in [2.75, 3.05) is 5.32 Å². The summed E-state index contributed by atoms with van der Waals surface area (Å²) in [6.07, 6.45) is 0.765. The highest BCUT2D eigenvalue weighted by Gasteiger charge is 2.37. The molecule has 0 fully saturated rings. The maximum Gasteiger partial charge on any atom is 0.322 e. The average molecular weight is 462 g/mol. The van der Waals surface area contributed by atoms with E-state index in [2.05, 4.69) is 15.6 Å². The highest BCUT2D eigenvalue weighted by molar-refractivity contribution is 5.97. The van der Waals surface area contributed by atoms with Gasteiger partial charge in [-0.05, 0) is 48.6 Å². The van der Waals surface area contributed by atoms with Gasteiger partial charge in [0.25, 0.3) is 0 Å². The van der Waals surface area contributed by atoms with Gasteiger partial charge >= 0.3 is 6.03 Å². The molecule has 0 aliphatic carbocycles. The molecular weight excluding hydrogens is 430 g/mol. The Kier molecular flexibility index (Phi) is 6.58. The van der Waals surface area contributed by atoms with Crippen LogP contribution in [0.4, 0.5) is 10.5 Å². The fourth-order valence-corrected chi connectivity index (χ4v) is 4.56. The Hall–Kier alpha value is -3.81. The molecule has 2 aromatic carbocycles. The van der Waals surface area contributed by atoms with Gasteiger partial charge in [-0.3, -0.25) is 9.59 Å². The van der Waals surface area contributed by atoms with Crippen molar-refractivity contribution in [1.82, 2.24) is 15.2 Å². The van der Waals surface area contributed by atoms with Crippen molar-refractivity contribution in [3.8, 4) is 0 Å². The summed E-state index contributed by atoms with van der Waals surface area (Å²) in [5.41, 5.74) is 10.1. The summed E-state index contributed by atoms with van der Waals surface area (Å²) < 4.78 is 0. The van der Waals surface area contributed by atoms with Gasteiger partial charge in [-0.15, -0.1) is 0 Å². The Bertz CT molecular complexity index is 1230. The quantitative estimate of drug-likeness (QED) is 0.450. The molecule has 2 heterocycles. The van der Waals surface area contributed by atoms with Crippen LogP contribution in [-0.4, -0.2) is 39.8 Å². The number of urea groups is 1. The molecule has 4 rings (SSSR count). The van der Waals surface area contributed by atoms with Gasteiger partial charge in [0, 0.05) is 28.7 Å². The van der Waals surface area contributed by atoms with Crippen LogP contribution in [-0.2, 0) is 22.6 Å². The lowest BCUT2D eigenvalue weighted by molar-refractivity contribution is -0.130. The van der Waals surface area contributed by atoms with Gasteiger partial charge in [0.15, 0.2) is 0 Å². The van der Waals surface area contributed by atoms with Gasteiger partial charge in [-0.1, -0.05) is 44.2 Å². The first-order valence-electron chi connectivity index (χ1n) is 11.6. The van der Waals surface area contributed by atoms with Crippen molar-refractivity contribution in [2.45, 2.75) is 52.2 Å². The van der Waals surface area contributed by atoms with E-state index in [1.165, 1.54) is 4.90 Å². The summed E-state index contributed by atoms with van der Waals surface area (Å²) in [6.45, 7) is 6.11. The number of amides is 4. The van der Waals surface area contributed by atoms with E-state index in [-0.39, 0.29) is 24.4 Å². The van der Waals surface area contributed by atoms with Crippen LogP contribution in [0.15, 0.2) is 48.5 Å². The first kappa shape index (κ1) is 23.4. The number of aromatic nitrogens is 1. The van der Waals surface area contributed by atoms with Crippen LogP contribution >= 0.6 is 0 Å². The molecule has 8 nitrogen and oxygen atoms in total. The Balaban J connectivity index is 1.65. The number of aryl methyl sites for hydroxylation is 1. The molecule has 4 amide bonds. The molecule has 1 aliphatic rings. The predicted molar refractivity (Wildman–Crippen MR) is 132 cm³/mol. The SMILES string of the molecule is Cc1cccc(NC(=O)N2Cc3[nH]c4ccccc4c3C[C@@H]2C(=O)N[C@@H](CC(C)C)C(N)=O)c1. The summed E-state index contributed by atoms with van der Waals surface area (Å²) >= 11 is 0. The minimum Gasteiger partial charge on any atom is -0.368 e. The van der Waals surface area contributed by atoms with Crippen molar-refractivity contribution < 1.29 is 14.4 Å². The topological polar surface area (TPSA) is 120 Å². The molecule has 8 heteroatoms. The highest BCUT2D eigenvalue weighted by Crippen LogP contribution is 2.31. The third kappa shape index (κ3) is 4.90. The Morgan fingerprint density at radius 2 is 1.91 bits per heavy atom. The molecule has 178 valence electrons. The Morgan fingerprint density at radius 3 is 2.62 bits per heavy atom. The maximum absolute atomic E-state index is 13.4. The molecule has 0 saturated carbocycles. The van der Waals surface area contributed by atoms with Crippen LogP contribution in [0.5, 0.6) is 0 Å². The van der Waals surface area contributed by atoms with Crippen molar-refractivity contribution in [3.05, 3.63) is 65.4 Å². The number of hydrogen-bond donors (Lipinski definition) is 4.